The molecule has 2 aliphatic rings. The largest absolute Gasteiger partial charge is 0.469 e. The van der Waals surface area contributed by atoms with E-state index in [9.17, 15) is 52.7 Å². The maximum absolute atomic E-state index is 14.7. The quantitative estimate of drug-likeness (QED) is 0.0314. The van der Waals surface area contributed by atoms with Crippen molar-refractivity contribution >= 4 is 70.5 Å². The van der Waals surface area contributed by atoms with Gasteiger partial charge in [-0.15, -0.1) is 0 Å². The molecule has 27 nitrogen and oxygen atoms in total. The van der Waals surface area contributed by atoms with Crippen molar-refractivity contribution in [2.45, 2.75) is 208 Å². The van der Waals surface area contributed by atoms with E-state index in [1.54, 1.807) is 73.9 Å². The number of primary amides is 1. The Kier molecular flexibility index (Phi) is 42.3. The van der Waals surface area contributed by atoms with E-state index in [0.717, 1.165) is 5.56 Å². The second-order valence-electron chi connectivity index (χ2n) is 30.4. The van der Waals surface area contributed by atoms with Crippen molar-refractivity contribution in [3.63, 3.8) is 0 Å². The van der Waals surface area contributed by atoms with Gasteiger partial charge in [0.25, 0.3) is 0 Å². The lowest BCUT2D eigenvalue weighted by atomic mass is 9.83. The highest BCUT2D eigenvalue weighted by Gasteiger charge is 2.44. The third kappa shape index (κ3) is 30.9. The molecule has 8 amide bonds. The number of esters is 1. The van der Waals surface area contributed by atoms with E-state index in [2.05, 4.69) is 21.3 Å². The summed E-state index contributed by atoms with van der Waals surface area (Å²) >= 11 is 0. The molecule has 108 heavy (non-hydrogen) atoms. The molecule has 2 unspecified atom stereocenters. The number of Topliss-reactive ketones (excluding diaryl/α,β-unsaturated/α-hetero) is 3. The zero-order valence-corrected chi connectivity index (χ0v) is 67.5. The number of ketones is 3. The lowest BCUT2D eigenvalue weighted by Crippen LogP contribution is -2.54. The van der Waals surface area contributed by atoms with Crippen LogP contribution in [0, 0.1) is 53.3 Å². The van der Waals surface area contributed by atoms with Crippen LogP contribution in [0.3, 0.4) is 0 Å². The molecular formula is C81H131N9O18. The third-order valence-electron chi connectivity index (χ3n) is 21.2. The Balaban J connectivity index is 1.30. The maximum atomic E-state index is 14.7. The van der Waals surface area contributed by atoms with E-state index < -0.39 is 71.9 Å². The molecule has 0 aromatic heterocycles. The number of amides is 8. The molecule has 2 aromatic carbocycles. The predicted molar refractivity (Wildman–Crippen MR) is 412 cm³/mol. The number of benzene rings is 2. The molecule has 0 radical (unpaired) electrons. The number of ether oxygens (including phenoxy) is 7. The number of anilines is 1. The summed E-state index contributed by atoms with van der Waals surface area (Å²) in [5.41, 5.74) is 7.30. The number of hydrogen-bond acceptors (Lipinski definition) is 19. The molecule has 0 aliphatic carbocycles. The first kappa shape index (κ1) is 93.1. The molecule has 13 atom stereocenters. The number of rotatable bonds is 52. The van der Waals surface area contributed by atoms with E-state index in [-0.39, 0.29) is 180 Å². The standard InChI is InChI=1S/C81H131N9O18/c1-17-55(8)75(88(13)79(99)64(52(2)3)49-68(93)74(54(6)7)87(11)12)69(102-14)50-72(96)90-35-22-26-65(90)76(103-15)57(10)66(91)48-62(46-58-23-19-18-20-24-58)77(97)84-51-59-27-29-63(30-28-59)85-78(98)60(25-21-34-83-81(82)101)47-67(92)73(53(4)5)86-70(94)32-37-105-39-41-107-43-44-108-42-40-106-38-33-71(95)89-36-31-61(45-56(89)9)80(100)104-16/h18-20,23-24,27-30,52-57,60-62,64-65,69,73-76H,17,21-22,25-26,31-51H2,1-16H3,(H,84,97)(H,85,98)(H,86,94)(H3,82,83,101)/t55-,56?,57-,60+,61?,62+,64-,65-,69+,73-,74-,75-,76+/m0/s1. The zero-order chi connectivity index (χ0) is 80.2. The van der Waals surface area contributed by atoms with Crippen molar-refractivity contribution in [1.82, 2.24) is 35.6 Å². The number of piperidine rings is 1. The third-order valence-corrected chi connectivity index (χ3v) is 21.2. The topological polar surface area (TPSA) is 339 Å². The lowest BCUT2D eigenvalue weighted by Gasteiger charge is -2.41. The highest BCUT2D eigenvalue weighted by atomic mass is 16.6. The molecule has 2 aliphatic heterocycles. The highest BCUT2D eigenvalue weighted by Crippen LogP contribution is 2.33. The first-order valence-electron chi connectivity index (χ1n) is 39.0. The fourth-order valence-corrected chi connectivity index (χ4v) is 14.9. The van der Waals surface area contributed by atoms with Crippen molar-refractivity contribution in [3.8, 4) is 0 Å². The number of nitrogens with two attached hydrogens (primary N) is 1. The van der Waals surface area contributed by atoms with Crippen LogP contribution < -0.4 is 27.0 Å². The number of carbonyl (C=O) groups is 11. The molecule has 27 heteroatoms. The van der Waals surface area contributed by atoms with Gasteiger partial charge in [-0.25, -0.2) is 4.79 Å². The number of nitrogens with one attached hydrogen (secondary N) is 4. The van der Waals surface area contributed by atoms with Gasteiger partial charge in [0.2, 0.25) is 35.4 Å². The van der Waals surface area contributed by atoms with Gasteiger partial charge >= 0.3 is 12.0 Å². The van der Waals surface area contributed by atoms with Crippen molar-refractivity contribution < 1.29 is 85.9 Å². The molecule has 0 bridgehead atoms. The molecule has 2 aromatic rings. The van der Waals surface area contributed by atoms with Crippen LogP contribution in [0.1, 0.15) is 164 Å². The molecule has 4 rings (SSSR count). The van der Waals surface area contributed by atoms with Crippen LogP contribution >= 0.6 is 0 Å². The summed E-state index contributed by atoms with van der Waals surface area (Å²) in [6.07, 6.45) is 2.50. The summed E-state index contributed by atoms with van der Waals surface area (Å²) in [4.78, 5) is 157. The van der Waals surface area contributed by atoms with Gasteiger partial charge in [-0.05, 0) is 113 Å². The average Bonchev–Trinajstić information content (AvgIpc) is 1.47. The number of hydrogen-bond donors (Lipinski definition) is 5. The molecule has 608 valence electrons. The highest BCUT2D eigenvalue weighted by molar-refractivity contribution is 5.97. The van der Waals surface area contributed by atoms with Crippen LogP contribution in [-0.2, 0) is 94.1 Å². The average molecular weight is 1520 g/mol. The van der Waals surface area contributed by atoms with Gasteiger partial charge in [0.1, 0.15) is 5.78 Å². The molecule has 0 spiro atoms. The Labute approximate surface area is 642 Å². The maximum Gasteiger partial charge on any atom is 0.312 e. The van der Waals surface area contributed by atoms with Crippen LogP contribution in [0.2, 0.25) is 0 Å². The van der Waals surface area contributed by atoms with Gasteiger partial charge in [0.05, 0.1) is 115 Å². The fraction of sp³-hybridized carbons (Fsp3) is 0.716. The summed E-state index contributed by atoms with van der Waals surface area (Å²) in [7, 11) is 9.97. The Bertz CT molecular complexity index is 3110. The molecule has 2 fully saturated rings. The second-order valence-corrected chi connectivity index (χ2v) is 30.4. The van der Waals surface area contributed by atoms with Gasteiger partial charge in [0, 0.05) is 109 Å². The molecule has 2 heterocycles. The zero-order valence-electron chi connectivity index (χ0n) is 67.5. The summed E-state index contributed by atoms with van der Waals surface area (Å²) in [6.45, 7) is 22.6. The second kappa shape index (κ2) is 49.1. The van der Waals surface area contributed by atoms with E-state index in [1.165, 1.54) is 14.2 Å². The number of carbonyl (C=O) groups excluding carboxylic acids is 11. The summed E-state index contributed by atoms with van der Waals surface area (Å²) in [5, 5.41) is 11.3. The van der Waals surface area contributed by atoms with Crippen molar-refractivity contribution in [1.29, 1.82) is 0 Å². The van der Waals surface area contributed by atoms with Crippen LogP contribution in [0.25, 0.3) is 0 Å². The van der Waals surface area contributed by atoms with Crippen LogP contribution in [-0.4, -0.2) is 242 Å². The van der Waals surface area contributed by atoms with E-state index in [4.69, 9.17) is 38.9 Å². The Morgan fingerprint density at radius 2 is 1.23 bits per heavy atom. The summed E-state index contributed by atoms with van der Waals surface area (Å²) < 4.78 is 39.5. The van der Waals surface area contributed by atoms with Gasteiger partial charge in [-0.3, -0.25) is 52.8 Å². The molecule has 2 saturated heterocycles. The first-order valence-corrected chi connectivity index (χ1v) is 39.0. The number of urea groups is 1. The van der Waals surface area contributed by atoms with Gasteiger partial charge in [-0.2, -0.15) is 0 Å². The first-order chi connectivity index (χ1) is 51.4. The monoisotopic (exact) mass is 1520 g/mol. The lowest BCUT2D eigenvalue weighted by molar-refractivity contribution is -0.150. The number of likely N-dealkylation sites (N-methyl/N-ethyl adjacent to an activating group) is 2. The SMILES string of the molecule is CC[C@H](C)[C@@H]([C@@H](CC(=O)N1CCC[C@H]1[C@H](OC)[C@@H](C)C(=O)C[C@@H](Cc1ccccc1)C(=O)NCc1ccc(NC(=O)[C@H](CCCNC(N)=O)CC(=O)[C@@H](NC(=O)CCOCCOCCOCCOCCC(=O)N2CCC(C(=O)OC)CC2C)C(C)C)cc1)OC)N(C)C(=O)[C@@H](CC(=O)[C@H](C(C)C)N(C)C)C(C)C. The van der Waals surface area contributed by atoms with Crippen LogP contribution in [0.4, 0.5) is 10.5 Å². The van der Waals surface area contributed by atoms with Gasteiger partial charge < -0.3 is 74.9 Å². The molecular weight excluding hydrogens is 1390 g/mol. The Morgan fingerprint density at radius 3 is 1.78 bits per heavy atom. The van der Waals surface area contributed by atoms with Gasteiger partial charge in [0.15, 0.2) is 11.6 Å². The van der Waals surface area contributed by atoms with E-state index in [1.807, 2.05) is 97.8 Å². The van der Waals surface area contributed by atoms with Crippen LogP contribution in [0.5, 0.6) is 0 Å². The summed E-state index contributed by atoms with van der Waals surface area (Å²) in [6, 6.07) is 13.3. The Morgan fingerprint density at radius 1 is 0.620 bits per heavy atom. The normalized spacial score (nSPS) is 18.1. The fourth-order valence-electron chi connectivity index (χ4n) is 14.9. The minimum atomic E-state index is -0.907. The van der Waals surface area contributed by atoms with Gasteiger partial charge in [-0.1, -0.05) is 111 Å². The van der Waals surface area contributed by atoms with Crippen LogP contribution in [0.15, 0.2) is 54.6 Å². The minimum absolute atomic E-state index is 0.0116. The van der Waals surface area contributed by atoms with Crippen molar-refractivity contribution in [2.75, 3.05) is 120 Å². The Hall–Kier alpha value is -7.27. The number of methoxy groups -OCH3 is 3. The van der Waals surface area contributed by atoms with Crippen molar-refractivity contribution in [3.05, 3.63) is 65.7 Å². The minimum Gasteiger partial charge on any atom is -0.469 e. The smallest absolute Gasteiger partial charge is 0.312 e. The summed E-state index contributed by atoms with van der Waals surface area (Å²) in [5.74, 6) is -5.91. The van der Waals surface area contributed by atoms with E-state index in [0.29, 0.717) is 89.3 Å². The number of nitrogens with zero attached hydrogens (tertiary/aromatic N) is 4. The molecule has 6 N–H and O–H groups in total. The predicted octanol–water partition coefficient (Wildman–Crippen LogP) is 7.61. The van der Waals surface area contributed by atoms with Crippen molar-refractivity contribution in [2.24, 2.45) is 59.0 Å². The number of likely N-dealkylation sites (tertiary alicyclic amines) is 2. The molecule has 0 saturated carbocycles. The van der Waals surface area contributed by atoms with E-state index >= 15 is 0 Å².